The molecule has 0 aliphatic heterocycles. The highest BCUT2D eigenvalue weighted by Gasteiger charge is 2.35. The van der Waals surface area contributed by atoms with E-state index in [0.717, 1.165) is 25.0 Å². The molecule has 1 rings (SSSR count). The van der Waals surface area contributed by atoms with Gasteiger partial charge in [-0.05, 0) is 25.0 Å². The second kappa shape index (κ2) is 6.23. The molecule has 0 heterocycles. The smallest absolute Gasteiger partial charge is 0.115 e. The van der Waals surface area contributed by atoms with Crippen molar-refractivity contribution in [2.75, 3.05) is 6.61 Å². The number of allylic oxidation sites excluding steroid dienone is 2. The van der Waals surface area contributed by atoms with Crippen molar-refractivity contribution in [3.8, 4) is 0 Å². The Bertz CT molecular complexity index is 370. The molecule has 0 aromatic rings. The van der Waals surface area contributed by atoms with E-state index in [1.807, 2.05) is 6.08 Å². The summed E-state index contributed by atoms with van der Waals surface area (Å²) < 4.78 is 5.59. The Hall–Kier alpha value is -1.78. The zero-order valence-electron chi connectivity index (χ0n) is 10.8. The fraction of sp³-hybridized carbons (Fsp3) is 0.538. The summed E-state index contributed by atoms with van der Waals surface area (Å²) in [5.41, 5.74) is 10.1. The quantitative estimate of drug-likeness (QED) is 0.314. The second-order valence-electron chi connectivity index (χ2n) is 4.50. The Morgan fingerprint density at radius 1 is 1.33 bits per heavy atom. The molecular weight excluding hydrogens is 228 g/mol. The molecule has 5 nitrogen and oxygen atoms in total. The Labute approximate surface area is 108 Å². The number of rotatable bonds is 7. The topological polar surface area (TPSA) is 109 Å². The molecule has 0 amide bonds. The minimum Gasteiger partial charge on any atom is -0.494 e. The summed E-state index contributed by atoms with van der Waals surface area (Å²) in [6.07, 6.45) is 9.04. The fourth-order valence-electron chi connectivity index (χ4n) is 1.82. The van der Waals surface area contributed by atoms with Crippen LogP contribution in [0.5, 0.6) is 0 Å². The number of ether oxygens (including phenoxy) is 1. The molecule has 0 unspecified atom stereocenters. The molecule has 18 heavy (non-hydrogen) atoms. The van der Waals surface area contributed by atoms with Crippen LogP contribution >= 0.6 is 0 Å². The van der Waals surface area contributed by atoms with Crippen LogP contribution in [0, 0.1) is 16.2 Å². The van der Waals surface area contributed by atoms with Crippen molar-refractivity contribution < 1.29 is 4.74 Å². The van der Waals surface area contributed by atoms with E-state index in [4.69, 9.17) is 27.0 Å². The first-order valence-electron chi connectivity index (χ1n) is 6.24. The van der Waals surface area contributed by atoms with Crippen molar-refractivity contribution in [2.45, 2.75) is 32.6 Å². The van der Waals surface area contributed by atoms with E-state index in [2.05, 4.69) is 6.92 Å². The summed E-state index contributed by atoms with van der Waals surface area (Å²) in [5, 5.41) is 15.1. The second-order valence-corrected chi connectivity index (χ2v) is 4.50. The maximum absolute atomic E-state index is 7.56. The summed E-state index contributed by atoms with van der Waals surface area (Å²) in [6, 6.07) is 0. The van der Waals surface area contributed by atoms with Gasteiger partial charge < -0.3 is 16.2 Å². The lowest BCUT2D eigenvalue weighted by Gasteiger charge is -2.29. The number of hydrogen-bond donors (Lipinski definition) is 4. The van der Waals surface area contributed by atoms with E-state index in [0.29, 0.717) is 13.0 Å². The van der Waals surface area contributed by atoms with E-state index in [1.165, 1.54) is 0 Å². The molecule has 1 aliphatic rings. The summed E-state index contributed by atoms with van der Waals surface area (Å²) >= 11 is 0. The summed E-state index contributed by atoms with van der Waals surface area (Å²) in [7, 11) is 0. The standard InChI is InChI=1S/C13H22N4O/c1-2-3-4-9-18-10-5-7-13(8-6-10,11(14)15)12(16)17/h5-7H,2-4,8-9H2,1H3,(H3,14,15)(H3,16,17). The molecular formula is C13H22N4O. The SMILES string of the molecule is CCCCCOC1=CCC(C(=N)N)(C(=N)N)C=C1. The van der Waals surface area contributed by atoms with Crippen LogP contribution in [0.25, 0.3) is 0 Å². The zero-order chi connectivity index (χ0) is 13.6. The largest absolute Gasteiger partial charge is 0.494 e. The molecule has 0 spiro atoms. The minimum atomic E-state index is -0.962. The first-order valence-corrected chi connectivity index (χ1v) is 6.24. The Kier molecular flexibility index (Phi) is 4.95. The summed E-state index contributed by atoms with van der Waals surface area (Å²) in [5.74, 6) is 0.560. The lowest BCUT2D eigenvalue weighted by molar-refractivity contribution is 0.214. The Morgan fingerprint density at radius 2 is 2.00 bits per heavy atom. The van der Waals surface area contributed by atoms with Crippen molar-refractivity contribution >= 4 is 11.7 Å². The molecule has 0 bridgehead atoms. The number of amidine groups is 2. The number of hydrogen-bond acceptors (Lipinski definition) is 3. The first-order chi connectivity index (χ1) is 8.53. The van der Waals surface area contributed by atoms with Gasteiger partial charge in [0, 0.05) is 0 Å². The number of nitrogens with two attached hydrogens (primary N) is 2. The Balaban J connectivity index is 2.57. The summed E-state index contributed by atoms with van der Waals surface area (Å²) in [4.78, 5) is 0. The molecule has 5 heteroatoms. The van der Waals surface area contributed by atoms with Crippen LogP contribution in [0.4, 0.5) is 0 Å². The third-order valence-corrected chi connectivity index (χ3v) is 3.14. The Morgan fingerprint density at radius 3 is 2.44 bits per heavy atom. The van der Waals surface area contributed by atoms with Crippen molar-refractivity contribution in [3.05, 3.63) is 24.0 Å². The molecule has 0 aromatic heterocycles. The van der Waals surface area contributed by atoms with Gasteiger partial charge in [0.1, 0.15) is 22.8 Å². The highest BCUT2D eigenvalue weighted by atomic mass is 16.5. The van der Waals surface area contributed by atoms with Crippen molar-refractivity contribution in [1.82, 2.24) is 0 Å². The minimum absolute atomic E-state index is 0.104. The molecule has 0 saturated heterocycles. The maximum atomic E-state index is 7.56. The monoisotopic (exact) mass is 250 g/mol. The van der Waals surface area contributed by atoms with Crippen molar-refractivity contribution in [3.63, 3.8) is 0 Å². The van der Waals surface area contributed by atoms with E-state index in [-0.39, 0.29) is 11.7 Å². The van der Waals surface area contributed by atoms with Gasteiger partial charge in [0.05, 0.1) is 6.61 Å². The average Bonchev–Trinajstić information content (AvgIpc) is 2.35. The third-order valence-electron chi connectivity index (χ3n) is 3.14. The first kappa shape index (κ1) is 14.3. The molecule has 6 N–H and O–H groups in total. The van der Waals surface area contributed by atoms with Crippen LogP contribution in [-0.2, 0) is 4.74 Å². The molecule has 1 aliphatic carbocycles. The maximum Gasteiger partial charge on any atom is 0.115 e. The molecule has 0 fully saturated rings. The van der Waals surface area contributed by atoms with E-state index in [9.17, 15) is 0 Å². The van der Waals surface area contributed by atoms with Gasteiger partial charge in [0.25, 0.3) is 0 Å². The van der Waals surface area contributed by atoms with E-state index < -0.39 is 5.41 Å². The molecule has 100 valence electrons. The number of nitrogens with one attached hydrogen (secondary N) is 2. The predicted molar refractivity (Wildman–Crippen MR) is 73.6 cm³/mol. The van der Waals surface area contributed by atoms with Gasteiger partial charge in [-0.25, -0.2) is 0 Å². The molecule has 0 atom stereocenters. The molecule has 0 saturated carbocycles. The summed E-state index contributed by atoms with van der Waals surface area (Å²) in [6.45, 7) is 2.84. The molecule has 0 radical (unpaired) electrons. The highest BCUT2D eigenvalue weighted by Crippen LogP contribution is 2.30. The van der Waals surface area contributed by atoms with Gasteiger partial charge in [-0.1, -0.05) is 25.8 Å². The van der Waals surface area contributed by atoms with Gasteiger partial charge in [-0.2, -0.15) is 0 Å². The van der Waals surface area contributed by atoms with Crippen molar-refractivity contribution in [2.24, 2.45) is 16.9 Å². The van der Waals surface area contributed by atoms with Crippen LogP contribution in [0.15, 0.2) is 24.0 Å². The normalized spacial score (nSPS) is 22.4. The van der Waals surface area contributed by atoms with Gasteiger partial charge in [0.15, 0.2) is 0 Å². The van der Waals surface area contributed by atoms with Crippen LogP contribution in [-0.4, -0.2) is 18.3 Å². The van der Waals surface area contributed by atoms with Crippen LogP contribution < -0.4 is 11.5 Å². The average molecular weight is 250 g/mol. The van der Waals surface area contributed by atoms with Crippen LogP contribution in [0.1, 0.15) is 32.6 Å². The number of unbranched alkanes of at least 4 members (excludes halogenated alkanes) is 2. The van der Waals surface area contributed by atoms with Crippen LogP contribution in [0.3, 0.4) is 0 Å². The highest BCUT2D eigenvalue weighted by molar-refractivity contribution is 6.08. The van der Waals surface area contributed by atoms with Gasteiger partial charge in [0.2, 0.25) is 0 Å². The van der Waals surface area contributed by atoms with Gasteiger partial charge >= 0.3 is 0 Å². The van der Waals surface area contributed by atoms with Gasteiger partial charge in [-0.15, -0.1) is 0 Å². The zero-order valence-corrected chi connectivity index (χ0v) is 10.8. The third kappa shape index (κ3) is 3.12. The van der Waals surface area contributed by atoms with Crippen molar-refractivity contribution in [1.29, 1.82) is 10.8 Å². The lowest BCUT2D eigenvalue weighted by Crippen LogP contribution is -2.46. The van der Waals surface area contributed by atoms with Gasteiger partial charge in [-0.3, -0.25) is 10.8 Å². The molecule has 0 aromatic carbocycles. The lowest BCUT2D eigenvalue weighted by atomic mass is 9.79. The van der Waals surface area contributed by atoms with E-state index in [1.54, 1.807) is 12.2 Å². The van der Waals surface area contributed by atoms with E-state index >= 15 is 0 Å². The van der Waals surface area contributed by atoms with Crippen LogP contribution in [0.2, 0.25) is 0 Å². The fourth-order valence-corrected chi connectivity index (χ4v) is 1.82. The predicted octanol–water partition coefficient (Wildman–Crippen LogP) is 1.90.